The van der Waals surface area contributed by atoms with E-state index in [2.05, 4.69) is 13.8 Å². The average Bonchev–Trinajstić information content (AvgIpc) is 2.25. The summed E-state index contributed by atoms with van der Waals surface area (Å²) in [5.41, 5.74) is 0. The molecule has 0 saturated carbocycles. The maximum absolute atomic E-state index is 11.8. The first-order valence-corrected chi connectivity index (χ1v) is 6.29. The second kappa shape index (κ2) is 6.35. The molecule has 0 aromatic heterocycles. The molecule has 0 radical (unpaired) electrons. The van der Waals surface area contributed by atoms with Gasteiger partial charge in [-0.05, 0) is 5.25 Å². The molecule has 1 atom stereocenters. The van der Waals surface area contributed by atoms with Gasteiger partial charge in [-0.15, -0.1) is 11.8 Å². The Hall–Kier alpha value is -0.260. The lowest BCUT2D eigenvalue weighted by atomic mass is 10.2. The Kier molecular flexibility index (Phi) is 5.42. The molecule has 4 nitrogen and oxygen atoms in total. The molecule has 88 valence electrons. The van der Waals surface area contributed by atoms with E-state index in [1.165, 1.54) is 0 Å². The number of ether oxygens (including phenoxy) is 1. The third kappa shape index (κ3) is 4.01. The Morgan fingerprint density at radius 2 is 2.40 bits per heavy atom. The first-order chi connectivity index (χ1) is 7.15. The van der Waals surface area contributed by atoms with Gasteiger partial charge in [0.05, 0.1) is 31.6 Å². The summed E-state index contributed by atoms with van der Waals surface area (Å²) in [7, 11) is 0. The zero-order valence-electron chi connectivity index (χ0n) is 9.31. The number of aliphatic hydroxyl groups excluding tert-OH is 1. The fourth-order valence-electron chi connectivity index (χ4n) is 1.46. The van der Waals surface area contributed by atoms with Crippen molar-refractivity contribution in [3.05, 3.63) is 0 Å². The first kappa shape index (κ1) is 12.8. The molecule has 1 N–H and O–H groups in total. The molecule has 0 aliphatic carbocycles. The van der Waals surface area contributed by atoms with E-state index in [9.17, 15) is 4.79 Å². The predicted octanol–water partition coefficient (Wildman–Crippen LogP) is 0.348. The topological polar surface area (TPSA) is 49.8 Å². The number of carbonyl (C=O) groups excluding carboxylic acids is 1. The predicted molar refractivity (Wildman–Crippen MR) is 61.0 cm³/mol. The fraction of sp³-hybridized carbons (Fsp3) is 0.900. The number of hydrogen-bond donors (Lipinski definition) is 1. The van der Waals surface area contributed by atoms with Gasteiger partial charge in [0, 0.05) is 6.54 Å². The molecular formula is C10H19NO3S. The molecule has 1 unspecified atom stereocenters. The molecule has 1 fully saturated rings. The van der Waals surface area contributed by atoms with Crippen molar-refractivity contribution in [2.75, 3.05) is 32.1 Å². The molecule has 1 heterocycles. The minimum Gasteiger partial charge on any atom is -0.394 e. The van der Waals surface area contributed by atoms with Crippen LogP contribution in [0.1, 0.15) is 13.8 Å². The standard InChI is InChI=1S/C10H19NO3S/c1-8(2)15-7-10(13)11-3-4-14-6-9(11)5-12/h8-9,12H,3-7H2,1-2H3. The van der Waals surface area contributed by atoms with Crippen LogP contribution in [0.5, 0.6) is 0 Å². The SMILES string of the molecule is CC(C)SCC(=O)N1CCOCC1CO. The van der Waals surface area contributed by atoms with Crippen LogP contribution in [0, 0.1) is 0 Å². The van der Waals surface area contributed by atoms with Gasteiger partial charge >= 0.3 is 0 Å². The molecular weight excluding hydrogens is 214 g/mol. The van der Waals surface area contributed by atoms with Crippen LogP contribution in [0.15, 0.2) is 0 Å². The van der Waals surface area contributed by atoms with Crippen LogP contribution in [0.25, 0.3) is 0 Å². The molecule has 1 rings (SSSR count). The number of aliphatic hydroxyl groups is 1. The van der Waals surface area contributed by atoms with Crippen LogP contribution in [-0.2, 0) is 9.53 Å². The van der Waals surface area contributed by atoms with Gasteiger partial charge in [0.2, 0.25) is 5.91 Å². The summed E-state index contributed by atoms with van der Waals surface area (Å²) in [5, 5.41) is 9.57. The van der Waals surface area contributed by atoms with Crippen LogP contribution in [-0.4, -0.2) is 59.3 Å². The molecule has 1 saturated heterocycles. The van der Waals surface area contributed by atoms with Gasteiger partial charge in [-0.1, -0.05) is 13.8 Å². The van der Waals surface area contributed by atoms with Gasteiger partial charge in [0.1, 0.15) is 0 Å². The van der Waals surface area contributed by atoms with Gasteiger partial charge in [0.25, 0.3) is 0 Å². The lowest BCUT2D eigenvalue weighted by Crippen LogP contribution is -2.51. The number of morpholine rings is 1. The summed E-state index contributed by atoms with van der Waals surface area (Å²) in [6.07, 6.45) is 0. The van der Waals surface area contributed by atoms with E-state index in [1.54, 1.807) is 16.7 Å². The monoisotopic (exact) mass is 233 g/mol. The van der Waals surface area contributed by atoms with Gasteiger partial charge < -0.3 is 14.7 Å². The summed E-state index contributed by atoms with van der Waals surface area (Å²) < 4.78 is 5.22. The summed E-state index contributed by atoms with van der Waals surface area (Å²) >= 11 is 1.63. The zero-order valence-corrected chi connectivity index (χ0v) is 10.1. The Bertz CT molecular complexity index is 211. The van der Waals surface area contributed by atoms with Crippen molar-refractivity contribution in [1.82, 2.24) is 4.90 Å². The molecule has 1 aliphatic rings. The largest absolute Gasteiger partial charge is 0.394 e. The maximum Gasteiger partial charge on any atom is 0.233 e. The highest BCUT2D eigenvalue weighted by molar-refractivity contribution is 8.00. The van der Waals surface area contributed by atoms with Crippen LogP contribution >= 0.6 is 11.8 Å². The first-order valence-electron chi connectivity index (χ1n) is 5.24. The highest BCUT2D eigenvalue weighted by Crippen LogP contribution is 2.13. The van der Waals surface area contributed by atoms with Crippen LogP contribution in [0.4, 0.5) is 0 Å². The van der Waals surface area contributed by atoms with E-state index < -0.39 is 0 Å². The minimum absolute atomic E-state index is 0.0158. The second-order valence-corrected chi connectivity index (χ2v) is 5.42. The van der Waals surface area contributed by atoms with Crippen molar-refractivity contribution in [2.45, 2.75) is 25.1 Å². The number of nitrogens with zero attached hydrogens (tertiary/aromatic N) is 1. The molecule has 1 amide bonds. The smallest absolute Gasteiger partial charge is 0.233 e. The van der Waals surface area contributed by atoms with Gasteiger partial charge in [-0.25, -0.2) is 0 Å². The fourth-order valence-corrected chi connectivity index (χ4v) is 2.10. The summed E-state index contributed by atoms with van der Waals surface area (Å²) in [6, 6.07) is -0.154. The third-order valence-electron chi connectivity index (χ3n) is 2.30. The molecule has 1 aliphatic heterocycles. The molecule has 0 aromatic rings. The van der Waals surface area contributed by atoms with E-state index in [0.717, 1.165) is 0 Å². The lowest BCUT2D eigenvalue weighted by Gasteiger charge is -2.34. The lowest BCUT2D eigenvalue weighted by molar-refractivity contribution is -0.138. The summed E-state index contributed by atoms with van der Waals surface area (Å²) in [6.45, 7) is 5.76. The van der Waals surface area contributed by atoms with E-state index in [1.807, 2.05) is 0 Å². The molecule has 5 heteroatoms. The van der Waals surface area contributed by atoms with E-state index >= 15 is 0 Å². The van der Waals surface area contributed by atoms with Crippen LogP contribution < -0.4 is 0 Å². The molecule has 0 bridgehead atoms. The normalized spacial score (nSPS) is 22.1. The van der Waals surface area contributed by atoms with Gasteiger partial charge in [-0.2, -0.15) is 0 Å². The van der Waals surface area contributed by atoms with E-state index in [4.69, 9.17) is 9.84 Å². The van der Waals surface area contributed by atoms with Crippen molar-refractivity contribution in [3.8, 4) is 0 Å². The number of amides is 1. The Balaban J connectivity index is 2.41. The van der Waals surface area contributed by atoms with Crippen molar-refractivity contribution in [2.24, 2.45) is 0 Å². The minimum atomic E-state index is -0.154. The second-order valence-electron chi connectivity index (χ2n) is 3.86. The van der Waals surface area contributed by atoms with Crippen molar-refractivity contribution < 1.29 is 14.6 Å². The molecule has 0 aromatic carbocycles. The van der Waals surface area contributed by atoms with E-state index in [-0.39, 0.29) is 18.6 Å². The van der Waals surface area contributed by atoms with Gasteiger partial charge in [0.15, 0.2) is 0 Å². The quantitative estimate of drug-likeness (QED) is 0.761. The van der Waals surface area contributed by atoms with Crippen LogP contribution in [0.2, 0.25) is 0 Å². The van der Waals surface area contributed by atoms with Crippen LogP contribution in [0.3, 0.4) is 0 Å². The Morgan fingerprint density at radius 1 is 1.67 bits per heavy atom. The summed E-state index contributed by atoms with van der Waals surface area (Å²) in [5.74, 6) is 0.602. The van der Waals surface area contributed by atoms with Crippen molar-refractivity contribution >= 4 is 17.7 Å². The Morgan fingerprint density at radius 3 is 3.00 bits per heavy atom. The number of carbonyl (C=O) groups is 1. The van der Waals surface area contributed by atoms with E-state index in [0.29, 0.717) is 30.8 Å². The Labute approximate surface area is 95.0 Å². The number of rotatable bonds is 4. The van der Waals surface area contributed by atoms with Gasteiger partial charge in [-0.3, -0.25) is 4.79 Å². The summed E-state index contributed by atoms with van der Waals surface area (Å²) in [4.78, 5) is 13.5. The maximum atomic E-state index is 11.8. The molecule has 0 spiro atoms. The molecule has 15 heavy (non-hydrogen) atoms. The number of hydrogen-bond acceptors (Lipinski definition) is 4. The van der Waals surface area contributed by atoms with Crippen molar-refractivity contribution in [3.63, 3.8) is 0 Å². The average molecular weight is 233 g/mol. The third-order valence-corrected chi connectivity index (χ3v) is 3.38. The number of thioether (sulfide) groups is 1. The highest BCUT2D eigenvalue weighted by atomic mass is 32.2. The highest BCUT2D eigenvalue weighted by Gasteiger charge is 2.26. The zero-order chi connectivity index (χ0) is 11.3. The van der Waals surface area contributed by atoms with Crippen molar-refractivity contribution in [1.29, 1.82) is 0 Å².